The average molecular weight is 173 g/mol. The van der Waals surface area contributed by atoms with Gasteiger partial charge >= 0.3 is 0 Å². The first-order chi connectivity index (χ1) is 4.12. The Hall–Kier alpha value is 0.450. The highest BCUT2D eigenvalue weighted by molar-refractivity contribution is 8.06. The molecule has 0 N–H and O–H groups in total. The summed E-state index contributed by atoms with van der Waals surface area (Å²) in [5.74, 6) is 0. The normalized spacial score (nSPS) is 11.9. The van der Waals surface area contributed by atoms with Crippen molar-refractivity contribution in [2.75, 3.05) is 14.2 Å². The minimum atomic E-state index is -3.55. The maximum atomic E-state index is 10.5. The Kier molecular flexibility index (Phi) is 4.51. The molecule has 0 aliphatic heterocycles. The summed E-state index contributed by atoms with van der Waals surface area (Å²) in [5.41, 5.74) is 0. The molecule has 0 radical (unpaired) electrons. The van der Waals surface area contributed by atoms with E-state index in [9.17, 15) is 4.89 Å². The molecule has 0 atom stereocenters. The Morgan fingerprint density at radius 2 is 1.56 bits per heavy atom. The molecular formula is C2H6O5PS-. The van der Waals surface area contributed by atoms with Crippen molar-refractivity contribution >= 4 is 18.5 Å². The van der Waals surface area contributed by atoms with Crippen LogP contribution in [-0.2, 0) is 30.9 Å². The topological polar surface area (TPSA) is 60.0 Å². The van der Waals surface area contributed by atoms with Crippen LogP contribution in [0.5, 0.6) is 0 Å². The van der Waals surface area contributed by atoms with Gasteiger partial charge in [0, 0.05) is 0 Å². The van der Waals surface area contributed by atoms with Crippen molar-refractivity contribution in [1.82, 2.24) is 0 Å². The van der Waals surface area contributed by atoms with Gasteiger partial charge in [0.05, 0.1) is 14.2 Å². The molecule has 0 aliphatic carbocycles. The predicted molar refractivity (Wildman–Crippen MR) is 30.5 cm³/mol. The van der Waals surface area contributed by atoms with Crippen molar-refractivity contribution in [3.05, 3.63) is 0 Å². The average Bonchev–Trinajstić information content (AvgIpc) is 1.64. The molecule has 5 nitrogen and oxygen atoms in total. The molecule has 0 unspecified atom stereocenters. The summed E-state index contributed by atoms with van der Waals surface area (Å²) in [6.07, 6.45) is 0. The molecule has 0 saturated carbocycles. The van der Waals surface area contributed by atoms with Crippen LogP contribution in [0.25, 0.3) is 0 Å². The van der Waals surface area contributed by atoms with E-state index >= 15 is 0 Å². The Morgan fingerprint density at radius 3 is 1.78 bits per heavy atom. The van der Waals surface area contributed by atoms with Crippen LogP contribution in [0.2, 0.25) is 0 Å². The highest BCUT2D eigenvalue weighted by Gasteiger charge is 2.02. The molecule has 0 aromatic carbocycles. The molecule has 0 aromatic rings. The van der Waals surface area contributed by atoms with E-state index in [2.05, 4.69) is 30.9 Å². The minimum Gasteiger partial charge on any atom is -0.775 e. The summed E-state index contributed by atoms with van der Waals surface area (Å²) in [6, 6.07) is 0. The maximum Gasteiger partial charge on any atom is 0.191 e. The van der Waals surface area contributed by atoms with Crippen molar-refractivity contribution < 1.29 is 24.0 Å². The monoisotopic (exact) mass is 173 g/mol. The number of rotatable bonds is 4. The second-order valence-electron chi connectivity index (χ2n) is 0.930. The van der Waals surface area contributed by atoms with Crippen LogP contribution < -0.4 is 4.89 Å². The molecule has 0 fully saturated rings. The van der Waals surface area contributed by atoms with Crippen LogP contribution in [0, 0.1) is 0 Å². The summed E-state index contributed by atoms with van der Waals surface area (Å²) >= 11 is 4.20. The summed E-state index contributed by atoms with van der Waals surface area (Å²) in [5, 5.41) is 0. The van der Waals surface area contributed by atoms with Gasteiger partial charge in [0.1, 0.15) is 0 Å². The van der Waals surface area contributed by atoms with E-state index < -0.39 is 6.72 Å². The van der Waals surface area contributed by atoms with Crippen LogP contribution >= 0.6 is 6.72 Å². The zero-order chi connectivity index (χ0) is 7.33. The smallest absolute Gasteiger partial charge is 0.191 e. The minimum absolute atomic E-state index is 1.16. The number of hydrogen-bond donors (Lipinski definition) is 0. The molecule has 9 heavy (non-hydrogen) atoms. The fourth-order valence-corrected chi connectivity index (χ4v) is 0.950. The van der Waals surface area contributed by atoms with Gasteiger partial charge < -0.3 is 4.89 Å². The molecule has 0 saturated heterocycles. The highest BCUT2D eigenvalue weighted by Crippen LogP contribution is 2.38. The molecule has 7 heteroatoms. The quantitative estimate of drug-likeness (QED) is 0.331. The summed E-state index contributed by atoms with van der Waals surface area (Å²) < 4.78 is 7.99. The Bertz CT molecular complexity index is 106. The Labute approximate surface area is 57.6 Å². The van der Waals surface area contributed by atoms with Gasteiger partial charge in [-0.3, -0.25) is 0 Å². The van der Waals surface area contributed by atoms with Gasteiger partial charge in [0.15, 0.2) is 6.72 Å². The first-order valence-electron chi connectivity index (χ1n) is 1.88. The van der Waals surface area contributed by atoms with E-state index in [0.29, 0.717) is 0 Å². The second-order valence-corrected chi connectivity index (χ2v) is 3.46. The molecule has 0 spiro atoms. The summed E-state index contributed by atoms with van der Waals surface area (Å²) in [7, 11) is 2.33. The zero-order valence-corrected chi connectivity index (χ0v) is 6.61. The SMILES string of the molecule is COOP([O-])(=S)OOC. The van der Waals surface area contributed by atoms with Crippen LogP contribution in [0.1, 0.15) is 0 Å². The van der Waals surface area contributed by atoms with Crippen LogP contribution in [0.3, 0.4) is 0 Å². The molecule has 0 bridgehead atoms. The van der Waals surface area contributed by atoms with Gasteiger partial charge in [0.25, 0.3) is 0 Å². The Balaban J connectivity index is 3.58. The van der Waals surface area contributed by atoms with Gasteiger partial charge in [-0.1, -0.05) is 0 Å². The largest absolute Gasteiger partial charge is 0.775 e. The van der Waals surface area contributed by atoms with Gasteiger partial charge in [-0.15, -0.1) is 0 Å². The highest BCUT2D eigenvalue weighted by atomic mass is 32.5. The second kappa shape index (κ2) is 4.29. The fourth-order valence-electron chi connectivity index (χ4n) is 0.195. The van der Waals surface area contributed by atoms with Crippen molar-refractivity contribution in [1.29, 1.82) is 0 Å². The van der Waals surface area contributed by atoms with Crippen molar-refractivity contribution in [3.8, 4) is 0 Å². The van der Waals surface area contributed by atoms with Crippen molar-refractivity contribution in [3.63, 3.8) is 0 Å². The van der Waals surface area contributed by atoms with Gasteiger partial charge in [-0.25, -0.2) is 9.78 Å². The van der Waals surface area contributed by atoms with Gasteiger partial charge in [-0.2, -0.15) is 9.35 Å². The van der Waals surface area contributed by atoms with E-state index in [-0.39, 0.29) is 0 Å². The maximum absolute atomic E-state index is 10.5. The Morgan fingerprint density at radius 1 is 1.22 bits per heavy atom. The van der Waals surface area contributed by atoms with Crippen molar-refractivity contribution in [2.24, 2.45) is 0 Å². The standard InChI is InChI=1S/C2H7O5PS/c1-4-6-8(3,9)7-5-2/h1-2H3,(H,3,9)/p-1. The molecule has 0 rings (SSSR count). The van der Waals surface area contributed by atoms with Crippen LogP contribution in [0.15, 0.2) is 0 Å². The predicted octanol–water partition coefficient (Wildman–Crippen LogP) is -0.273. The van der Waals surface area contributed by atoms with Gasteiger partial charge in [0.2, 0.25) is 0 Å². The molecule has 0 heterocycles. The molecule has 0 amide bonds. The van der Waals surface area contributed by atoms with Crippen LogP contribution in [0.4, 0.5) is 0 Å². The van der Waals surface area contributed by atoms with Crippen LogP contribution in [-0.4, -0.2) is 14.2 Å². The van der Waals surface area contributed by atoms with E-state index in [4.69, 9.17) is 0 Å². The van der Waals surface area contributed by atoms with E-state index in [1.54, 1.807) is 0 Å². The molecular weight excluding hydrogens is 167 g/mol. The zero-order valence-electron chi connectivity index (χ0n) is 4.90. The number of hydrogen-bond acceptors (Lipinski definition) is 6. The van der Waals surface area contributed by atoms with E-state index in [1.165, 1.54) is 0 Å². The summed E-state index contributed by atoms with van der Waals surface area (Å²) in [6.45, 7) is -3.55. The lowest BCUT2D eigenvalue weighted by atomic mass is 11.8. The first kappa shape index (κ1) is 9.45. The lowest BCUT2D eigenvalue weighted by Gasteiger charge is -2.21. The third-order valence-electron chi connectivity index (χ3n) is 0.332. The third kappa shape index (κ3) is 4.92. The first-order valence-corrected chi connectivity index (χ1v) is 4.44. The lowest BCUT2D eigenvalue weighted by Crippen LogP contribution is -2.06. The molecule has 0 aromatic heterocycles. The van der Waals surface area contributed by atoms with E-state index in [0.717, 1.165) is 14.2 Å². The molecule has 56 valence electrons. The third-order valence-corrected chi connectivity index (χ3v) is 1.36. The lowest BCUT2D eigenvalue weighted by molar-refractivity contribution is -0.324. The van der Waals surface area contributed by atoms with E-state index in [1.807, 2.05) is 0 Å². The fraction of sp³-hybridized carbons (Fsp3) is 1.00. The molecule has 0 aliphatic rings. The van der Waals surface area contributed by atoms with Crippen molar-refractivity contribution in [2.45, 2.75) is 0 Å². The van der Waals surface area contributed by atoms with Gasteiger partial charge in [-0.05, 0) is 11.8 Å². The summed E-state index contributed by atoms with van der Waals surface area (Å²) in [4.78, 5) is 18.5.